The molecule has 0 spiro atoms. The maximum absolute atomic E-state index is 14.0. The first-order valence-electron chi connectivity index (χ1n) is 8.07. The second-order valence-corrected chi connectivity index (χ2v) is 6.11. The minimum atomic E-state index is -0.625. The van der Waals surface area contributed by atoms with E-state index >= 15 is 0 Å². The monoisotopic (exact) mass is 349 g/mol. The molecule has 1 aliphatic heterocycles. The largest absolute Gasteiger partial charge is 0.367 e. The lowest BCUT2D eigenvalue weighted by atomic mass is 10.1. The summed E-state index contributed by atoms with van der Waals surface area (Å²) in [6.45, 7) is 3.19. The molecule has 0 N–H and O–H groups in total. The summed E-state index contributed by atoms with van der Waals surface area (Å²) in [6, 6.07) is 4.54. The second-order valence-electron chi connectivity index (χ2n) is 6.11. The second kappa shape index (κ2) is 7.13. The molecule has 1 aliphatic rings. The number of anilines is 1. The third-order valence-corrected chi connectivity index (χ3v) is 4.42. The predicted octanol–water partition coefficient (Wildman–Crippen LogP) is 3.24. The highest BCUT2D eigenvalue weighted by Gasteiger charge is 2.27. The molecule has 2 aromatic rings. The van der Waals surface area contributed by atoms with E-state index in [0.717, 1.165) is 18.3 Å². The van der Waals surface area contributed by atoms with Crippen molar-refractivity contribution >= 4 is 11.6 Å². The molecule has 0 saturated carbocycles. The molecule has 1 aromatic heterocycles. The van der Waals surface area contributed by atoms with Gasteiger partial charge in [-0.3, -0.25) is 9.78 Å². The highest BCUT2D eigenvalue weighted by Crippen LogP contribution is 2.23. The Balaban J connectivity index is 1.78. The molecule has 0 bridgehead atoms. The molecule has 1 saturated heterocycles. The number of aromatic nitrogens is 1. The van der Waals surface area contributed by atoms with Crippen LogP contribution in [-0.4, -0.2) is 41.5 Å². The Morgan fingerprint density at radius 1 is 1.08 bits per heavy atom. The molecule has 2 heterocycles. The minimum absolute atomic E-state index is 0.0933. The summed E-state index contributed by atoms with van der Waals surface area (Å²) >= 11 is 0. The Bertz CT molecular complexity index is 784. The van der Waals surface area contributed by atoms with E-state index in [9.17, 15) is 18.0 Å². The van der Waals surface area contributed by atoms with Crippen molar-refractivity contribution in [1.82, 2.24) is 9.88 Å². The van der Waals surface area contributed by atoms with Crippen LogP contribution in [0.25, 0.3) is 0 Å². The number of hydrogen-bond donors (Lipinski definition) is 0. The molecule has 132 valence electrons. The van der Waals surface area contributed by atoms with Gasteiger partial charge in [-0.2, -0.15) is 0 Å². The molecular weight excluding hydrogens is 331 g/mol. The lowest BCUT2D eigenvalue weighted by molar-refractivity contribution is 0.0704. The lowest BCUT2D eigenvalue weighted by Gasteiger charge is -2.27. The zero-order valence-electron chi connectivity index (χ0n) is 13.8. The van der Waals surface area contributed by atoms with Crippen molar-refractivity contribution in [3.8, 4) is 0 Å². The normalized spacial score (nSPS) is 18.2. The van der Waals surface area contributed by atoms with Gasteiger partial charge >= 0.3 is 0 Å². The van der Waals surface area contributed by atoms with Gasteiger partial charge in [-0.1, -0.05) is 0 Å². The van der Waals surface area contributed by atoms with Gasteiger partial charge in [-0.05, 0) is 31.5 Å². The number of carbonyl (C=O) groups is 1. The summed E-state index contributed by atoms with van der Waals surface area (Å²) in [6.07, 6.45) is 2.99. The molecule has 1 aromatic carbocycles. The number of hydrogen-bond acceptors (Lipinski definition) is 3. The Morgan fingerprint density at radius 3 is 2.60 bits per heavy atom. The highest BCUT2D eigenvalue weighted by atomic mass is 19.1. The zero-order valence-corrected chi connectivity index (χ0v) is 13.8. The van der Waals surface area contributed by atoms with Gasteiger partial charge in [-0.15, -0.1) is 0 Å². The fourth-order valence-corrected chi connectivity index (χ4v) is 3.03. The summed E-state index contributed by atoms with van der Waals surface area (Å²) in [5, 5.41) is 0. The maximum atomic E-state index is 14.0. The Hall–Kier alpha value is -2.57. The van der Waals surface area contributed by atoms with Crippen LogP contribution < -0.4 is 4.90 Å². The van der Waals surface area contributed by atoms with E-state index in [-0.39, 0.29) is 17.5 Å². The highest BCUT2D eigenvalue weighted by molar-refractivity contribution is 5.94. The van der Waals surface area contributed by atoms with Crippen molar-refractivity contribution in [3.05, 3.63) is 59.7 Å². The van der Waals surface area contributed by atoms with Gasteiger partial charge < -0.3 is 9.80 Å². The molecule has 1 unspecified atom stereocenters. The van der Waals surface area contributed by atoms with E-state index in [0.29, 0.717) is 31.7 Å². The van der Waals surface area contributed by atoms with Crippen LogP contribution >= 0.6 is 0 Å². The number of pyridine rings is 1. The van der Waals surface area contributed by atoms with Crippen molar-refractivity contribution in [2.75, 3.05) is 24.5 Å². The zero-order chi connectivity index (χ0) is 18.0. The van der Waals surface area contributed by atoms with Gasteiger partial charge in [0.15, 0.2) is 0 Å². The number of rotatable bonds is 2. The van der Waals surface area contributed by atoms with Crippen LogP contribution in [0.3, 0.4) is 0 Å². The molecule has 3 rings (SSSR count). The van der Waals surface area contributed by atoms with Crippen LogP contribution in [0.2, 0.25) is 0 Å². The van der Waals surface area contributed by atoms with Gasteiger partial charge in [0.1, 0.15) is 17.5 Å². The van der Waals surface area contributed by atoms with Crippen LogP contribution in [0.15, 0.2) is 36.7 Å². The van der Waals surface area contributed by atoms with Crippen LogP contribution in [-0.2, 0) is 0 Å². The third kappa shape index (κ3) is 3.75. The van der Waals surface area contributed by atoms with Crippen molar-refractivity contribution in [2.24, 2.45) is 0 Å². The maximum Gasteiger partial charge on any atom is 0.255 e. The van der Waals surface area contributed by atoms with Gasteiger partial charge in [0, 0.05) is 37.9 Å². The molecular formula is C18H18F3N3O. The average molecular weight is 349 g/mol. The van der Waals surface area contributed by atoms with Gasteiger partial charge in [0.05, 0.1) is 17.4 Å². The number of nitrogens with zero attached hydrogens (tertiary/aromatic N) is 3. The Morgan fingerprint density at radius 2 is 1.88 bits per heavy atom. The quantitative estimate of drug-likeness (QED) is 0.835. The van der Waals surface area contributed by atoms with Crippen LogP contribution in [0, 0.1) is 17.5 Å². The molecule has 7 heteroatoms. The summed E-state index contributed by atoms with van der Waals surface area (Å²) in [5.74, 6) is -2.12. The SMILES string of the molecule is CC1CCN(c2ccc(F)cc2F)CCN1C(=O)c1cncc(F)c1. The predicted molar refractivity (Wildman–Crippen MR) is 87.9 cm³/mol. The van der Waals surface area contributed by atoms with Crippen molar-refractivity contribution < 1.29 is 18.0 Å². The summed E-state index contributed by atoms with van der Waals surface area (Å²) < 4.78 is 40.4. The van der Waals surface area contributed by atoms with E-state index in [1.807, 2.05) is 6.92 Å². The van der Waals surface area contributed by atoms with Crippen LogP contribution in [0.4, 0.5) is 18.9 Å². The van der Waals surface area contributed by atoms with Gasteiger partial charge in [0.25, 0.3) is 5.91 Å². The van der Waals surface area contributed by atoms with E-state index in [1.165, 1.54) is 18.3 Å². The van der Waals surface area contributed by atoms with Gasteiger partial charge in [0.2, 0.25) is 0 Å². The summed E-state index contributed by atoms with van der Waals surface area (Å²) in [7, 11) is 0. The molecule has 0 radical (unpaired) electrons. The lowest BCUT2D eigenvalue weighted by Crippen LogP contribution is -2.40. The molecule has 4 nitrogen and oxygen atoms in total. The first-order valence-corrected chi connectivity index (χ1v) is 8.07. The minimum Gasteiger partial charge on any atom is -0.367 e. The molecule has 0 aliphatic carbocycles. The fraction of sp³-hybridized carbons (Fsp3) is 0.333. The van der Waals surface area contributed by atoms with E-state index in [4.69, 9.17) is 0 Å². The average Bonchev–Trinajstić information content (AvgIpc) is 2.76. The van der Waals surface area contributed by atoms with Crippen LogP contribution in [0.1, 0.15) is 23.7 Å². The van der Waals surface area contributed by atoms with E-state index < -0.39 is 17.5 Å². The topological polar surface area (TPSA) is 36.4 Å². The molecule has 1 fully saturated rings. The van der Waals surface area contributed by atoms with E-state index in [1.54, 1.807) is 9.80 Å². The number of amides is 1. The Kier molecular flexibility index (Phi) is 4.92. The van der Waals surface area contributed by atoms with Crippen molar-refractivity contribution in [2.45, 2.75) is 19.4 Å². The summed E-state index contributed by atoms with van der Waals surface area (Å²) in [5.41, 5.74) is 0.503. The molecule has 1 amide bonds. The van der Waals surface area contributed by atoms with Crippen molar-refractivity contribution in [1.29, 1.82) is 0 Å². The van der Waals surface area contributed by atoms with Crippen molar-refractivity contribution in [3.63, 3.8) is 0 Å². The first-order chi connectivity index (χ1) is 12.0. The van der Waals surface area contributed by atoms with E-state index in [2.05, 4.69) is 4.98 Å². The molecule has 1 atom stereocenters. The third-order valence-electron chi connectivity index (χ3n) is 4.42. The van der Waals surface area contributed by atoms with Crippen LogP contribution in [0.5, 0.6) is 0 Å². The number of benzene rings is 1. The summed E-state index contributed by atoms with van der Waals surface area (Å²) in [4.78, 5) is 19.8. The molecule has 25 heavy (non-hydrogen) atoms. The standard InChI is InChI=1S/C18H18F3N3O/c1-12-4-5-23(17-3-2-14(19)9-16(17)21)6-7-24(12)18(25)13-8-15(20)11-22-10-13/h2-3,8-12H,4-7H2,1H3. The number of carbonyl (C=O) groups excluding carboxylic acids is 1. The Labute approximate surface area is 143 Å². The first kappa shape index (κ1) is 17.3. The number of halogens is 3. The smallest absolute Gasteiger partial charge is 0.255 e. The van der Waals surface area contributed by atoms with Gasteiger partial charge in [-0.25, -0.2) is 13.2 Å². The fourth-order valence-electron chi connectivity index (χ4n) is 3.03.